The molecule has 1 rings (SSSR count). The maximum atomic E-state index is 11.0. The normalized spacial score (nSPS) is 10.6. The summed E-state index contributed by atoms with van der Waals surface area (Å²) in [5, 5.41) is 0. The molecule has 1 aromatic rings. The summed E-state index contributed by atoms with van der Waals surface area (Å²) in [5.41, 5.74) is 0.681. The number of carbonyl (C=O) groups is 1. The first-order valence-electron chi connectivity index (χ1n) is 3.91. The minimum atomic E-state index is -4.24. The van der Waals surface area contributed by atoms with Crippen molar-refractivity contribution in [2.75, 3.05) is 0 Å². The quantitative estimate of drug-likeness (QED) is 0.470. The summed E-state index contributed by atoms with van der Waals surface area (Å²) >= 11 is 0. The Kier molecular flexibility index (Phi) is 5.16. The van der Waals surface area contributed by atoms with Crippen molar-refractivity contribution in [3.63, 3.8) is 0 Å². The van der Waals surface area contributed by atoms with E-state index < -0.39 is 10.1 Å². The zero-order valence-corrected chi connectivity index (χ0v) is 8.63. The van der Waals surface area contributed by atoms with Crippen molar-refractivity contribution in [3.8, 4) is 0 Å². The fourth-order valence-corrected chi connectivity index (χ4v) is 1.85. The van der Waals surface area contributed by atoms with Crippen LogP contribution in [-0.2, 0) is 10.1 Å². The van der Waals surface area contributed by atoms with Gasteiger partial charge in [-0.1, -0.05) is 12.1 Å². The number of carbonyl (C=O) groups excluding carboxylic acids is 1. The molecule has 1 N–H and O–H groups in total. The summed E-state index contributed by atoms with van der Waals surface area (Å²) in [6, 6.07) is 4.18. The first-order valence-corrected chi connectivity index (χ1v) is 5.35. The van der Waals surface area contributed by atoms with Crippen LogP contribution in [0.25, 0.3) is 0 Å². The standard InChI is InChI=1S/C9H10O4S.Na.H/c1-6-3-4-8(7(2)10)5-9(6)14(11,12)13;;/h3-5H,1-2H3,(H,11,12,13);;. The third kappa shape index (κ3) is 3.70. The molecular formula is C9H11NaO4S. The predicted molar refractivity (Wildman–Crippen MR) is 58.1 cm³/mol. The van der Waals surface area contributed by atoms with Gasteiger partial charge in [-0.3, -0.25) is 9.35 Å². The maximum absolute atomic E-state index is 11.0. The second kappa shape index (κ2) is 5.23. The van der Waals surface area contributed by atoms with E-state index >= 15 is 0 Å². The first-order chi connectivity index (χ1) is 6.32. The van der Waals surface area contributed by atoms with E-state index in [2.05, 4.69) is 0 Å². The monoisotopic (exact) mass is 238 g/mol. The Hall–Kier alpha value is -0.200. The molecular weight excluding hydrogens is 227 g/mol. The zero-order valence-electron chi connectivity index (χ0n) is 7.81. The average Bonchev–Trinajstić information content (AvgIpc) is 2.02. The molecule has 0 bridgehead atoms. The molecule has 0 unspecified atom stereocenters. The van der Waals surface area contributed by atoms with Gasteiger partial charge in [-0.05, 0) is 25.5 Å². The van der Waals surface area contributed by atoms with E-state index in [0.717, 1.165) is 0 Å². The Balaban J connectivity index is 0.00000196. The number of hydrogen-bond donors (Lipinski definition) is 1. The summed E-state index contributed by atoms with van der Waals surface area (Å²) in [7, 11) is -4.24. The van der Waals surface area contributed by atoms with Crippen molar-refractivity contribution >= 4 is 45.5 Å². The number of aryl methyl sites for hydroxylation is 1. The molecule has 15 heavy (non-hydrogen) atoms. The molecule has 1 aromatic carbocycles. The molecule has 6 heteroatoms. The molecule has 0 radical (unpaired) electrons. The van der Waals surface area contributed by atoms with Gasteiger partial charge in [0, 0.05) is 5.56 Å². The van der Waals surface area contributed by atoms with E-state index in [4.69, 9.17) is 4.55 Å². The number of rotatable bonds is 2. The van der Waals surface area contributed by atoms with E-state index in [1.807, 2.05) is 0 Å². The fraction of sp³-hybridized carbons (Fsp3) is 0.222. The van der Waals surface area contributed by atoms with Crippen molar-refractivity contribution in [2.24, 2.45) is 0 Å². The van der Waals surface area contributed by atoms with Gasteiger partial charge in [0.2, 0.25) is 0 Å². The van der Waals surface area contributed by atoms with Gasteiger partial charge in [0.15, 0.2) is 5.78 Å². The zero-order chi connectivity index (χ0) is 10.9. The van der Waals surface area contributed by atoms with Crippen LogP contribution >= 0.6 is 0 Å². The van der Waals surface area contributed by atoms with Gasteiger partial charge in [-0.2, -0.15) is 8.42 Å². The predicted octanol–water partition coefficient (Wildman–Crippen LogP) is 0.796. The Bertz CT molecular complexity index is 479. The summed E-state index contributed by atoms with van der Waals surface area (Å²) in [5.74, 6) is -0.241. The van der Waals surface area contributed by atoms with Crippen molar-refractivity contribution < 1.29 is 17.8 Å². The molecule has 78 valence electrons. The third-order valence-corrected chi connectivity index (χ3v) is 2.87. The van der Waals surface area contributed by atoms with Gasteiger partial charge in [-0.25, -0.2) is 0 Å². The van der Waals surface area contributed by atoms with E-state index in [9.17, 15) is 13.2 Å². The van der Waals surface area contributed by atoms with Crippen molar-refractivity contribution in [2.45, 2.75) is 18.7 Å². The van der Waals surface area contributed by atoms with Gasteiger partial charge in [0.05, 0.1) is 4.90 Å². The van der Waals surface area contributed by atoms with Crippen LogP contribution in [0.3, 0.4) is 0 Å². The van der Waals surface area contributed by atoms with Crippen molar-refractivity contribution in [1.82, 2.24) is 0 Å². The molecule has 0 fully saturated rings. The molecule has 4 nitrogen and oxygen atoms in total. The molecule has 0 spiro atoms. The SMILES string of the molecule is CC(=O)c1ccc(C)c(S(=O)(=O)O)c1.[NaH]. The Morgan fingerprint density at radius 2 is 1.87 bits per heavy atom. The molecule has 0 aliphatic heterocycles. The van der Waals surface area contributed by atoms with Crippen molar-refractivity contribution in [3.05, 3.63) is 29.3 Å². The Labute approximate surface area is 111 Å². The summed E-state index contributed by atoms with van der Waals surface area (Å²) < 4.78 is 30.6. The van der Waals surface area contributed by atoms with Crippen LogP contribution in [0.1, 0.15) is 22.8 Å². The second-order valence-electron chi connectivity index (χ2n) is 3.01. The molecule has 0 aromatic heterocycles. The molecule has 0 atom stereocenters. The first kappa shape index (κ1) is 14.8. The van der Waals surface area contributed by atoms with Crippen LogP contribution in [0.4, 0.5) is 0 Å². The minimum absolute atomic E-state index is 0. The second-order valence-corrected chi connectivity index (χ2v) is 4.40. The molecule has 0 amide bonds. The van der Waals surface area contributed by atoms with Gasteiger partial charge >= 0.3 is 29.6 Å². The van der Waals surface area contributed by atoms with Crippen LogP contribution in [0.5, 0.6) is 0 Å². The average molecular weight is 238 g/mol. The topological polar surface area (TPSA) is 71.4 Å². The van der Waals surface area contributed by atoms with Crippen LogP contribution in [0.2, 0.25) is 0 Å². The van der Waals surface area contributed by atoms with Gasteiger partial charge in [-0.15, -0.1) is 0 Å². The number of hydrogen-bond acceptors (Lipinski definition) is 3. The van der Waals surface area contributed by atoms with E-state index in [1.165, 1.54) is 25.1 Å². The van der Waals surface area contributed by atoms with Crippen LogP contribution in [0.15, 0.2) is 23.1 Å². The molecule has 0 saturated carbocycles. The molecule has 0 aliphatic rings. The molecule has 0 heterocycles. The summed E-state index contributed by atoms with van der Waals surface area (Å²) in [6.07, 6.45) is 0. The number of Topliss-reactive ketones (excluding diaryl/α,β-unsaturated/α-hetero) is 1. The van der Waals surface area contributed by atoms with E-state index in [1.54, 1.807) is 6.92 Å². The molecule has 0 aliphatic carbocycles. The van der Waals surface area contributed by atoms with Crippen LogP contribution in [-0.4, -0.2) is 48.3 Å². The van der Waals surface area contributed by atoms with Crippen LogP contribution < -0.4 is 0 Å². The summed E-state index contributed by atoms with van der Waals surface area (Å²) in [6.45, 7) is 2.88. The van der Waals surface area contributed by atoms with Gasteiger partial charge in [0.1, 0.15) is 0 Å². The van der Waals surface area contributed by atoms with Crippen LogP contribution in [0, 0.1) is 6.92 Å². The van der Waals surface area contributed by atoms with Gasteiger partial charge in [0.25, 0.3) is 10.1 Å². The van der Waals surface area contributed by atoms with E-state index in [0.29, 0.717) is 5.56 Å². The number of ketones is 1. The number of benzene rings is 1. The third-order valence-electron chi connectivity index (χ3n) is 1.87. The fourth-order valence-electron chi connectivity index (χ4n) is 1.10. The Morgan fingerprint density at radius 3 is 2.27 bits per heavy atom. The summed E-state index contributed by atoms with van der Waals surface area (Å²) in [4.78, 5) is 10.7. The van der Waals surface area contributed by atoms with Crippen molar-refractivity contribution in [1.29, 1.82) is 0 Å². The van der Waals surface area contributed by atoms with Gasteiger partial charge < -0.3 is 0 Å². The molecule has 0 saturated heterocycles. The van der Waals surface area contributed by atoms with E-state index in [-0.39, 0.29) is 45.8 Å². The Morgan fingerprint density at radius 1 is 1.33 bits per heavy atom.